The van der Waals surface area contributed by atoms with E-state index in [4.69, 9.17) is 0 Å². The Kier molecular flexibility index (Phi) is 13.7. The Labute approximate surface area is 63.4 Å². The molecule has 62 valence electrons. The lowest BCUT2D eigenvalue weighted by Gasteiger charge is -2.07. The first-order valence-corrected chi connectivity index (χ1v) is 3.61. The summed E-state index contributed by atoms with van der Waals surface area (Å²) in [4.78, 5) is 11.5. The van der Waals surface area contributed by atoms with Gasteiger partial charge in [-0.25, -0.2) is 0 Å². The summed E-state index contributed by atoms with van der Waals surface area (Å²) in [5.41, 5.74) is 0. The van der Waals surface area contributed by atoms with Crippen molar-refractivity contribution >= 4 is 6.41 Å². The summed E-state index contributed by atoms with van der Waals surface area (Å²) in [6, 6.07) is 0. The van der Waals surface area contributed by atoms with E-state index in [1.807, 2.05) is 20.9 Å². The summed E-state index contributed by atoms with van der Waals surface area (Å²) >= 11 is 0. The maximum absolute atomic E-state index is 9.91. The maximum Gasteiger partial charge on any atom is 0.209 e. The van der Waals surface area contributed by atoms with Crippen molar-refractivity contribution in [2.75, 3.05) is 27.2 Å². The highest BCUT2D eigenvalue weighted by atomic mass is 16.1. The molecule has 0 aliphatic carbocycles. The monoisotopic (exact) mass is 146 g/mol. The van der Waals surface area contributed by atoms with Crippen LogP contribution in [0.2, 0.25) is 0 Å². The van der Waals surface area contributed by atoms with E-state index in [1.165, 1.54) is 0 Å². The molecule has 0 aromatic rings. The Morgan fingerprint density at radius 1 is 1.50 bits per heavy atom. The van der Waals surface area contributed by atoms with Crippen molar-refractivity contribution in [1.29, 1.82) is 0 Å². The molecule has 10 heavy (non-hydrogen) atoms. The number of nitrogens with zero attached hydrogens (tertiary/aromatic N) is 1. The number of likely N-dealkylation sites (N-methyl/N-ethyl adjacent to an activating group) is 2. The van der Waals surface area contributed by atoms with Gasteiger partial charge in [0.25, 0.3) is 0 Å². The molecule has 0 aliphatic rings. The van der Waals surface area contributed by atoms with Gasteiger partial charge in [0.2, 0.25) is 6.41 Å². The fourth-order valence-corrected chi connectivity index (χ4v) is 0.341. The van der Waals surface area contributed by atoms with Gasteiger partial charge in [-0.05, 0) is 7.05 Å². The smallest absolute Gasteiger partial charge is 0.209 e. The summed E-state index contributed by atoms with van der Waals surface area (Å²) in [5, 5.41) is 2.93. The van der Waals surface area contributed by atoms with Crippen molar-refractivity contribution in [3.05, 3.63) is 0 Å². The molecule has 0 unspecified atom stereocenters. The van der Waals surface area contributed by atoms with Crippen LogP contribution in [0.25, 0.3) is 0 Å². The molecule has 3 heteroatoms. The van der Waals surface area contributed by atoms with Crippen molar-refractivity contribution in [3.8, 4) is 0 Å². The van der Waals surface area contributed by atoms with Gasteiger partial charge in [0, 0.05) is 20.1 Å². The highest BCUT2D eigenvalue weighted by molar-refractivity contribution is 5.46. The molecule has 0 saturated carbocycles. The van der Waals surface area contributed by atoms with Crippen LogP contribution in [0.15, 0.2) is 0 Å². The van der Waals surface area contributed by atoms with Crippen LogP contribution in [0.3, 0.4) is 0 Å². The molecule has 0 rings (SSSR count). The second-order valence-corrected chi connectivity index (χ2v) is 1.69. The van der Waals surface area contributed by atoms with Crippen molar-refractivity contribution < 1.29 is 4.79 Å². The van der Waals surface area contributed by atoms with Gasteiger partial charge in [0.05, 0.1) is 0 Å². The Bertz CT molecular complexity index is 66.6. The third kappa shape index (κ3) is 10.4. The molecule has 1 N–H and O–H groups in total. The van der Waals surface area contributed by atoms with Gasteiger partial charge >= 0.3 is 0 Å². The summed E-state index contributed by atoms with van der Waals surface area (Å²) in [5.74, 6) is 0. The lowest BCUT2D eigenvalue weighted by molar-refractivity contribution is -0.116. The number of nitrogens with one attached hydrogen (secondary N) is 1. The topological polar surface area (TPSA) is 32.3 Å². The normalized spacial score (nSPS) is 7.60. The first kappa shape index (κ1) is 12.1. The maximum atomic E-state index is 9.91. The molecule has 3 nitrogen and oxygen atoms in total. The van der Waals surface area contributed by atoms with Gasteiger partial charge in [-0.1, -0.05) is 13.8 Å². The van der Waals surface area contributed by atoms with E-state index in [1.54, 1.807) is 11.9 Å². The average molecular weight is 146 g/mol. The van der Waals surface area contributed by atoms with Gasteiger partial charge in [-0.2, -0.15) is 0 Å². The van der Waals surface area contributed by atoms with Crippen molar-refractivity contribution in [1.82, 2.24) is 10.2 Å². The van der Waals surface area contributed by atoms with Crippen molar-refractivity contribution in [2.24, 2.45) is 0 Å². The Morgan fingerprint density at radius 2 is 2.00 bits per heavy atom. The number of amides is 1. The summed E-state index contributed by atoms with van der Waals surface area (Å²) in [6.07, 6.45) is 0.817. The largest absolute Gasteiger partial charge is 0.347 e. The van der Waals surface area contributed by atoms with Crippen LogP contribution in [0, 0.1) is 0 Å². The zero-order chi connectivity index (χ0) is 8.41. The van der Waals surface area contributed by atoms with E-state index in [-0.39, 0.29) is 0 Å². The number of rotatable bonds is 4. The average Bonchev–Trinajstić information content (AvgIpc) is 2.04. The lowest BCUT2D eigenvalue weighted by atomic mass is 10.6. The zero-order valence-corrected chi connectivity index (χ0v) is 7.35. The number of hydrogen-bond acceptors (Lipinski definition) is 2. The second kappa shape index (κ2) is 11.3. The van der Waals surface area contributed by atoms with Crippen LogP contribution in [-0.2, 0) is 4.79 Å². The second-order valence-electron chi connectivity index (χ2n) is 1.69. The molecule has 0 aromatic heterocycles. The third-order valence-corrected chi connectivity index (χ3v) is 0.894. The molecular formula is C7H18N2O. The number of hydrogen-bond donors (Lipinski definition) is 1. The van der Waals surface area contributed by atoms with Crippen LogP contribution >= 0.6 is 0 Å². The van der Waals surface area contributed by atoms with E-state index >= 15 is 0 Å². The minimum atomic E-state index is 0.778. The van der Waals surface area contributed by atoms with Crippen molar-refractivity contribution in [3.63, 3.8) is 0 Å². The van der Waals surface area contributed by atoms with Gasteiger partial charge in [0.1, 0.15) is 0 Å². The van der Waals surface area contributed by atoms with Crippen LogP contribution < -0.4 is 5.32 Å². The molecule has 0 fully saturated rings. The Balaban J connectivity index is 0. The van der Waals surface area contributed by atoms with Crippen LogP contribution in [0.1, 0.15) is 13.8 Å². The molecule has 0 saturated heterocycles. The van der Waals surface area contributed by atoms with E-state index in [2.05, 4.69) is 5.32 Å². The molecule has 0 heterocycles. The summed E-state index contributed by atoms with van der Waals surface area (Å²) < 4.78 is 0. The standard InChI is InChI=1S/C5H12N2O.C2H6/c1-6-3-4-7(2)5-8;1-2/h5-6H,3-4H2,1-2H3;1-2H3. The summed E-state index contributed by atoms with van der Waals surface area (Å²) in [6.45, 7) is 5.63. The van der Waals surface area contributed by atoms with Gasteiger partial charge in [-0.15, -0.1) is 0 Å². The predicted octanol–water partition coefficient (Wildman–Crippen LogP) is 0.320. The van der Waals surface area contributed by atoms with Crippen molar-refractivity contribution in [2.45, 2.75) is 13.8 Å². The molecule has 0 spiro atoms. The summed E-state index contributed by atoms with van der Waals surface area (Å²) in [7, 11) is 3.61. The molecule has 0 aromatic carbocycles. The van der Waals surface area contributed by atoms with E-state index in [0.717, 1.165) is 19.5 Å². The number of carbonyl (C=O) groups excluding carboxylic acids is 1. The van der Waals surface area contributed by atoms with Crippen LogP contribution in [0.4, 0.5) is 0 Å². The molecule has 0 bridgehead atoms. The zero-order valence-electron chi connectivity index (χ0n) is 7.35. The molecular weight excluding hydrogens is 128 g/mol. The SMILES string of the molecule is CC.CNCCN(C)C=O. The third-order valence-electron chi connectivity index (χ3n) is 0.894. The molecule has 0 atom stereocenters. The van der Waals surface area contributed by atoms with Crippen LogP contribution in [0.5, 0.6) is 0 Å². The highest BCUT2D eigenvalue weighted by Gasteiger charge is 1.87. The number of carbonyl (C=O) groups is 1. The van der Waals surface area contributed by atoms with E-state index in [9.17, 15) is 4.79 Å². The first-order chi connectivity index (χ1) is 4.81. The van der Waals surface area contributed by atoms with Crippen LogP contribution in [-0.4, -0.2) is 38.5 Å². The van der Waals surface area contributed by atoms with E-state index < -0.39 is 0 Å². The van der Waals surface area contributed by atoms with Gasteiger partial charge in [0.15, 0.2) is 0 Å². The van der Waals surface area contributed by atoms with Gasteiger partial charge in [-0.3, -0.25) is 4.79 Å². The fourth-order valence-electron chi connectivity index (χ4n) is 0.341. The van der Waals surface area contributed by atoms with E-state index in [0.29, 0.717) is 0 Å². The first-order valence-electron chi connectivity index (χ1n) is 3.61. The lowest BCUT2D eigenvalue weighted by Crippen LogP contribution is -2.25. The highest BCUT2D eigenvalue weighted by Crippen LogP contribution is 1.68. The van der Waals surface area contributed by atoms with Gasteiger partial charge < -0.3 is 10.2 Å². The molecule has 0 aliphatic heterocycles. The minimum Gasteiger partial charge on any atom is -0.347 e. The minimum absolute atomic E-state index is 0.778. The Morgan fingerprint density at radius 3 is 2.30 bits per heavy atom. The quantitative estimate of drug-likeness (QED) is 0.579. The fraction of sp³-hybridized carbons (Fsp3) is 0.857. The Hall–Kier alpha value is -0.570. The molecule has 1 amide bonds. The molecule has 0 radical (unpaired) electrons. The predicted molar refractivity (Wildman–Crippen MR) is 44.0 cm³/mol.